The van der Waals surface area contributed by atoms with E-state index >= 15 is 0 Å². The van der Waals surface area contributed by atoms with Crippen LogP contribution in [0, 0.1) is 5.41 Å². The van der Waals surface area contributed by atoms with Crippen LogP contribution in [0.1, 0.15) is 27.2 Å². The molecule has 5 N–H and O–H groups in total. The van der Waals surface area contributed by atoms with Crippen molar-refractivity contribution in [3.05, 3.63) is 12.3 Å². The third kappa shape index (κ3) is 8.26. The Kier molecular flexibility index (Phi) is 6.76. The summed E-state index contributed by atoms with van der Waals surface area (Å²) in [5.74, 6) is 0.00706. The summed E-state index contributed by atoms with van der Waals surface area (Å²) in [7, 11) is 0. The molecular formula is C11H23N3O2. The Bertz CT molecular complexity index is 239. The molecule has 0 bridgehead atoms. The maximum absolute atomic E-state index is 9.36. The second kappa shape index (κ2) is 7.24. The first-order chi connectivity index (χ1) is 7.37. The lowest BCUT2D eigenvalue weighted by Crippen LogP contribution is -2.37. The van der Waals surface area contributed by atoms with Crippen LogP contribution >= 0.6 is 0 Å². The van der Waals surface area contributed by atoms with E-state index in [0.717, 1.165) is 0 Å². The molecule has 0 aliphatic heterocycles. The number of aliphatic hydroxyl groups is 1. The highest BCUT2D eigenvalue weighted by Gasteiger charge is 2.18. The molecule has 0 fully saturated rings. The van der Waals surface area contributed by atoms with Crippen LogP contribution in [0.15, 0.2) is 12.3 Å². The van der Waals surface area contributed by atoms with Crippen molar-refractivity contribution in [1.82, 2.24) is 5.32 Å². The molecule has 0 heterocycles. The van der Waals surface area contributed by atoms with Gasteiger partial charge in [-0.05, 0) is 26.3 Å². The van der Waals surface area contributed by atoms with Crippen LogP contribution in [0.3, 0.4) is 0 Å². The molecule has 0 aliphatic carbocycles. The molecule has 0 unspecified atom stereocenters. The van der Waals surface area contributed by atoms with Crippen LogP contribution in [0.4, 0.5) is 0 Å². The van der Waals surface area contributed by atoms with Crippen molar-refractivity contribution in [2.75, 3.05) is 13.2 Å². The zero-order valence-electron chi connectivity index (χ0n) is 10.3. The van der Waals surface area contributed by atoms with Crippen molar-refractivity contribution in [3.8, 4) is 0 Å². The number of hydrogen-bond donors (Lipinski definition) is 4. The van der Waals surface area contributed by atoms with Gasteiger partial charge in [-0.3, -0.25) is 5.41 Å². The lowest BCUT2D eigenvalue weighted by Gasteiger charge is -2.26. The topological polar surface area (TPSA) is 91.4 Å². The molecule has 0 saturated carbocycles. The average Bonchev–Trinajstić information content (AvgIpc) is 2.21. The highest BCUT2D eigenvalue weighted by molar-refractivity contribution is 5.88. The first-order valence-electron chi connectivity index (χ1n) is 5.43. The molecular weight excluding hydrogens is 206 g/mol. The van der Waals surface area contributed by atoms with Gasteiger partial charge in [0.15, 0.2) is 0 Å². The fraction of sp³-hybridized carbons (Fsp3) is 0.727. The molecule has 1 atom stereocenters. The Balaban J connectivity index is 3.82. The average molecular weight is 229 g/mol. The number of hydrogen-bond acceptors (Lipinski definition) is 4. The van der Waals surface area contributed by atoms with Crippen molar-refractivity contribution in [2.24, 2.45) is 5.73 Å². The molecule has 0 radical (unpaired) electrons. The van der Waals surface area contributed by atoms with E-state index in [2.05, 4.69) is 5.32 Å². The normalized spacial score (nSPS) is 14.0. The number of nitrogens with one attached hydrogen (secondary N) is 2. The summed E-state index contributed by atoms with van der Waals surface area (Å²) in [4.78, 5) is 0. The number of amidine groups is 1. The van der Waals surface area contributed by atoms with E-state index in [-0.39, 0.29) is 11.4 Å². The van der Waals surface area contributed by atoms with Crippen LogP contribution in [0.5, 0.6) is 0 Å². The lowest BCUT2D eigenvalue weighted by atomic mass is 10.1. The second-order valence-corrected chi connectivity index (χ2v) is 4.30. The van der Waals surface area contributed by atoms with Crippen molar-refractivity contribution in [2.45, 2.75) is 38.9 Å². The van der Waals surface area contributed by atoms with Gasteiger partial charge in [0.25, 0.3) is 0 Å². The molecule has 0 aromatic heterocycles. The maximum atomic E-state index is 9.36. The predicted octanol–water partition coefficient (Wildman–Crippen LogP) is 0.592. The van der Waals surface area contributed by atoms with E-state index in [1.165, 1.54) is 6.08 Å². The second-order valence-electron chi connectivity index (χ2n) is 4.30. The zero-order chi connectivity index (χ0) is 12.6. The van der Waals surface area contributed by atoms with Gasteiger partial charge in [0, 0.05) is 12.7 Å². The molecule has 0 aliphatic rings. The Morgan fingerprint density at radius 2 is 2.25 bits per heavy atom. The van der Waals surface area contributed by atoms with Gasteiger partial charge in [0.2, 0.25) is 0 Å². The fourth-order valence-electron chi connectivity index (χ4n) is 0.944. The van der Waals surface area contributed by atoms with Gasteiger partial charge in [0.1, 0.15) is 5.84 Å². The van der Waals surface area contributed by atoms with E-state index in [4.69, 9.17) is 15.9 Å². The van der Waals surface area contributed by atoms with Gasteiger partial charge in [-0.1, -0.05) is 6.92 Å². The molecule has 5 nitrogen and oxygen atoms in total. The van der Waals surface area contributed by atoms with E-state index in [9.17, 15) is 5.11 Å². The Morgan fingerprint density at radius 1 is 1.62 bits per heavy atom. The fourth-order valence-corrected chi connectivity index (χ4v) is 0.944. The molecule has 16 heavy (non-hydrogen) atoms. The van der Waals surface area contributed by atoms with E-state index in [1.807, 2.05) is 20.8 Å². The standard InChI is InChI=1S/C11H23N3O2/c1-4-9(15)7-16-11(2,3)8-14-6-5-10(12)13/h5-6,9,14-15H,4,7-8H2,1-3H3,(H3,12,13)/b6-5-/t9-/m1/s1. The van der Waals surface area contributed by atoms with Gasteiger partial charge < -0.3 is 20.9 Å². The third-order valence-electron chi connectivity index (χ3n) is 2.05. The summed E-state index contributed by atoms with van der Waals surface area (Å²) in [5, 5.41) is 19.3. The van der Waals surface area contributed by atoms with Crippen LogP contribution in [-0.2, 0) is 4.74 Å². The highest BCUT2D eigenvalue weighted by Crippen LogP contribution is 2.08. The first kappa shape index (κ1) is 14.9. The summed E-state index contributed by atoms with van der Waals surface area (Å²) in [6, 6.07) is 0. The van der Waals surface area contributed by atoms with Crippen molar-refractivity contribution >= 4 is 5.84 Å². The van der Waals surface area contributed by atoms with Gasteiger partial charge in [0.05, 0.1) is 18.3 Å². The summed E-state index contributed by atoms with van der Waals surface area (Å²) in [6.07, 6.45) is 3.36. The third-order valence-corrected chi connectivity index (χ3v) is 2.05. The largest absolute Gasteiger partial charge is 0.391 e. The summed E-state index contributed by atoms with van der Waals surface area (Å²) in [5.41, 5.74) is 4.79. The summed E-state index contributed by atoms with van der Waals surface area (Å²) >= 11 is 0. The van der Waals surface area contributed by atoms with E-state index < -0.39 is 6.10 Å². The maximum Gasteiger partial charge on any atom is 0.116 e. The minimum absolute atomic E-state index is 0.00706. The van der Waals surface area contributed by atoms with Crippen LogP contribution in [0.25, 0.3) is 0 Å². The Hall–Kier alpha value is -1.07. The molecule has 94 valence electrons. The van der Waals surface area contributed by atoms with Crippen LogP contribution in [0.2, 0.25) is 0 Å². The van der Waals surface area contributed by atoms with Crippen molar-refractivity contribution < 1.29 is 9.84 Å². The van der Waals surface area contributed by atoms with Crippen molar-refractivity contribution in [3.63, 3.8) is 0 Å². The van der Waals surface area contributed by atoms with E-state index in [1.54, 1.807) is 6.20 Å². The molecule has 0 saturated heterocycles. The summed E-state index contributed by atoms with van der Waals surface area (Å²) < 4.78 is 5.56. The van der Waals surface area contributed by atoms with E-state index in [0.29, 0.717) is 19.6 Å². The number of nitrogens with two attached hydrogens (primary N) is 1. The quantitative estimate of drug-likeness (QED) is 0.362. The Morgan fingerprint density at radius 3 is 2.75 bits per heavy atom. The number of aliphatic hydroxyl groups excluding tert-OH is 1. The Labute approximate surface area is 97.2 Å². The molecule has 5 heteroatoms. The van der Waals surface area contributed by atoms with Gasteiger partial charge in [-0.25, -0.2) is 0 Å². The monoisotopic (exact) mass is 229 g/mol. The molecule has 0 rings (SSSR count). The van der Waals surface area contributed by atoms with Gasteiger partial charge in [-0.2, -0.15) is 0 Å². The zero-order valence-corrected chi connectivity index (χ0v) is 10.3. The van der Waals surface area contributed by atoms with Gasteiger partial charge in [-0.15, -0.1) is 0 Å². The molecule has 0 spiro atoms. The minimum Gasteiger partial charge on any atom is -0.391 e. The van der Waals surface area contributed by atoms with Crippen LogP contribution < -0.4 is 11.1 Å². The minimum atomic E-state index is -0.410. The van der Waals surface area contributed by atoms with Crippen molar-refractivity contribution in [1.29, 1.82) is 5.41 Å². The number of rotatable bonds is 8. The van der Waals surface area contributed by atoms with Crippen LogP contribution in [-0.4, -0.2) is 35.8 Å². The smallest absolute Gasteiger partial charge is 0.116 e. The summed E-state index contributed by atoms with van der Waals surface area (Å²) in [6.45, 7) is 6.71. The van der Waals surface area contributed by atoms with Gasteiger partial charge >= 0.3 is 0 Å². The molecule has 0 amide bonds. The SMILES string of the molecule is CC[C@@H](O)COC(C)(C)CN/C=C\C(=N)N. The molecule has 0 aromatic carbocycles. The highest BCUT2D eigenvalue weighted by atomic mass is 16.5. The predicted molar refractivity (Wildman–Crippen MR) is 65.4 cm³/mol. The lowest BCUT2D eigenvalue weighted by molar-refractivity contribution is -0.0569. The molecule has 0 aromatic rings. The number of ether oxygens (including phenoxy) is 1. The first-order valence-corrected chi connectivity index (χ1v) is 5.43.